The van der Waals surface area contributed by atoms with E-state index in [4.69, 9.17) is 10.5 Å². The largest absolute Gasteiger partial charge is 0.192 e. The normalized spacial score (nSPS) is 22.5. The predicted molar refractivity (Wildman–Crippen MR) is 41.3 cm³/mol. The lowest BCUT2D eigenvalue weighted by molar-refractivity contribution is 0.620. The van der Waals surface area contributed by atoms with Gasteiger partial charge in [0.25, 0.3) is 0 Å². The zero-order valence-electron chi connectivity index (χ0n) is 6.59. The third-order valence-electron chi connectivity index (χ3n) is 2.11. The molecule has 0 aliphatic heterocycles. The molecule has 1 aliphatic rings. The average Bonchev–Trinajstić information content (AvgIpc) is 2.39. The zero-order chi connectivity index (χ0) is 8.27. The van der Waals surface area contributed by atoms with Crippen LogP contribution in [0.15, 0.2) is 11.1 Å². The molecule has 2 nitrogen and oxygen atoms in total. The molecular formula is C9H10N2. The van der Waals surface area contributed by atoms with E-state index >= 15 is 0 Å². The van der Waals surface area contributed by atoms with Crippen LogP contribution in [0.5, 0.6) is 0 Å². The van der Waals surface area contributed by atoms with Gasteiger partial charge in [-0.25, -0.2) is 0 Å². The maximum atomic E-state index is 8.54. The molecular weight excluding hydrogens is 136 g/mol. The molecule has 0 amide bonds. The van der Waals surface area contributed by atoms with Crippen LogP contribution in [0.1, 0.15) is 26.2 Å². The van der Waals surface area contributed by atoms with Gasteiger partial charge in [-0.3, -0.25) is 0 Å². The van der Waals surface area contributed by atoms with Gasteiger partial charge in [-0.2, -0.15) is 10.5 Å². The minimum Gasteiger partial charge on any atom is -0.192 e. The molecule has 11 heavy (non-hydrogen) atoms. The Bertz CT molecular complexity index is 246. The Balaban J connectivity index is 2.83. The highest BCUT2D eigenvalue weighted by Gasteiger charge is 2.18. The van der Waals surface area contributed by atoms with Gasteiger partial charge in [0.1, 0.15) is 17.7 Å². The van der Waals surface area contributed by atoms with E-state index in [1.807, 2.05) is 12.1 Å². The lowest BCUT2D eigenvalue weighted by Gasteiger charge is -1.94. The summed E-state index contributed by atoms with van der Waals surface area (Å²) in [5.41, 5.74) is 1.40. The summed E-state index contributed by atoms with van der Waals surface area (Å²) in [5.74, 6) is 0.654. The maximum absolute atomic E-state index is 8.54. The number of hydrogen-bond acceptors (Lipinski definition) is 2. The Morgan fingerprint density at radius 2 is 2.09 bits per heavy atom. The number of allylic oxidation sites excluding steroid dienone is 2. The molecule has 1 saturated carbocycles. The van der Waals surface area contributed by atoms with Crippen molar-refractivity contribution < 1.29 is 0 Å². The summed E-state index contributed by atoms with van der Waals surface area (Å²) in [6, 6.07) is 3.87. The molecule has 0 saturated heterocycles. The van der Waals surface area contributed by atoms with E-state index in [2.05, 4.69) is 6.92 Å². The van der Waals surface area contributed by atoms with Gasteiger partial charge in [-0.05, 0) is 30.8 Å². The van der Waals surface area contributed by atoms with Crippen LogP contribution in [0.3, 0.4) is 0 Å². The molecule has 0 bridgehead atoms. The first-order valence-corrected chi connectivity index (χ1v) is 3.80. The summed E-state index contributed by atoms with van der Waals surface area (Å²) in [6.07, 6.45) is 3.01. The fourth-order valence-corrected chi connectivity index (χ4v) is 1.46. The first kappa shape index (κ1) is 7.82. The summed E-state index contributed by atoms with van der Waals surface area (Å²) >= 11 is 0. The molecule has 2 heteroatoms. The van der Waals surface area contributed by atoms with Gasteiger partial charge in [0.05, 0.1) is 0 Å². The predicted octanol–water partition coefficient (Wildman–Crippen LogP) is 2.15. The molecule has 1 fully saturated rings. The summed E-state index contributed by atoms with van der Waals surface area (Å²) < 4.78 is 0. The van der Waals surface area contributed by atoms with Gasteiger partial charge in [0, 0.05) is 0 Å². The van der Waals surface area contributed by atoms with Crippen molar-refractivity contribution in [3.05, 3.63) is 11.1 Å². The van der Waals surface area contributed by atoms with E-state index < -0.39 is 0 Å². The van der Waals surface area contributed by atoms with Crippen molar-refractivity contribution in [3.63, 3.8) is 0 Å². The van der Waals surface area contributed by atoms with E-state index in [0.717, 1.165) is 24.8 Å². The van der Waals surface area contributed by atoms with Gasteiger partial charge in [0.2, 0.25) is 0 Å². The van der Waals surface area contributed by atoms with Crippen LogP contribution in [0.25, 0.3) is 0 Å². The van der Waals surface area contributed by atoms with Crippen molar-refractivity contribution in [3.8, 4) is 12.1 Å². The minimum absolute atomic E-state index is 0.342. The maximum Gasteiger partial charge on any atom is 0.128 e. The first-order valence-electron chi connectivity index (χ1n) is 3.80. The van der Waals surface area contributed by atoms with Gasteiger partial charge in [0.15, 0.2) is 0 Å². The molecule has 0 radical (unpaired) electrons. The average molecular weight is 146 g/mol. The summed E-state index contributed by atoms with van der Waals surface area (Å²) in [4.78, 5) is 0. The fourth-order valence-electron chi connectivity index (χ4n) is 1.46. The third kappa shape index (κ3) is 1.59. The quantitative estimate of drug-likeness (QED) is 0.491. The Kier molecular flexibility index (Phi) is 2.28. The highest BCUT2D eigenvalue weighted by Crippen LogP contribution is 2.31. The fraction of sp³-hybridized carbons (Fsp3) is 0.556. The van der Waals surface area contributed by atoms with Crippen molar-refractivity contribution in [1.29, 1.82) is 10.5 Å². The van der Waals surface area contributed by atoms with Crippen molar-refractivity contribution in [2.75, 3.05) is 0 Å². The van der Waals surface area contributed by atoms with Crippen LogP contribution in [0, 0.1) is 28.6 Å². The molecule has 0 aromatic rings. The van der Waals surface area contributed by atoms with Crippen LogP contribution >= 0.6 is 0 Å². The van der Waals surface area contributed by atoms with Crippen LogP contribution in [-0.4, -0.2) is 0 Å². The van der Waals surface area contributed by atoms with E-state index in [1.54, 1.807) is 0 Å². The van der Waals surface area contributed by atoms with Gasteiger partial charge in [-0.15, -0.1) is 0 Å². The smallest absolute Gasteiger partial charge is 0.128 e. The molecule has 1 aliphatic carbocycles. The van der Waals surface area contributed by atoms with Crippen molar-refractivity contribution in [1.82, 2.24) is 0 Å². The third-order valence-corrected chi connectivity index (χ3v) is 2.11. The SMILES string of the molecule is CC1CCC(=C(C#N)C#N)C1. The molecule has 1 rings (SSSR count). The Hall–Kier alpha value is -1.28. The number of nitriles is 2. The molecule has 0 heterocycles. The highest BCUT2D eigenvalue weighted by molar-refractivity contribution is 5.41. The molecule has 0 aromatic carbocycles. The topological polar surface area (TPSA) is 47.6 Å². The van der Waals surface area contributed by atoms with Crippen molar-refractivity contribution in [2.45, 2.75) is 26.2 Å². The molecule has 0 N–H and O–H groups in total. The second-order valence-electron chi connectivity index (χ2n) is 3.05. The van der Waals surface area contributed by atoms with Gasteiger partial charge >= 0.3 is 0 Å². The van der Waals surface area contributed by atoms with E-state index in [9.17, 15) is 0 Å². The Labute approximate surface area is 66.7 Å². The standard InChI is InChI=1S/C9H10N2/c1-7-2-3-8(4-7)9(5-10)6-11/h7H,2-4H2,1H3. The van der Waals surface area contributed by atoms with Crippen molar-refractivity contribution in [2.24, 2.45) is 5.92 Å². The van der Waals surface area contributed by atoms with Gasteiger partial charge < -0.3 is 0 Å². The zero-order valence-corrected chi connectivity index (χ0v) is 6.59. The summed E-state index contributed by atoms with van der Waals surface area (Å²) in [5, 5.41) is 17.1. The molecule has 0 spiro atoms. The second-order valence-corrected chi connectivity index (χ2v) is 3.05. The van der Waals surface area contributed by atoms with Crippen LogP contribution in [-0.2, 0) is 0 Å². The van der Waals surface area contributed by atoms with Gasteiger partial charge in [-0.1, -0.05) is 6.92 Å². The lowest BCUT2D eigenvalue weighted by Crippen LogP contribution is -1.84. The highest BCUT2D eigenvalue weighted by atomic mass is 14.3. The monoisotopic (exact) mass is 146 g/mol. The van der Waals surface area contributed by atoms with E-state index in [-0.39, 0.29) is 0 Å². The van der Waals surface area contributed by atoms with Crippen LogP contribution < -0.4 is 0 Å². The van der Waals surface area contributed by atoms with Crippen LogP contribution in [0.2, 0.25) is 0 Å². The Morgan fingerprint density at radius 3 is 2.45 bits per heavy atom. The molecule has 1 atom stereocenters. The van der Waals surface area contributed by atoms with E-state index in [1.165, 1.54) is 0 Å². The molecule has 0 aromatic heterocycles. The number of hydrogen-bond donors (Lipinski definition) is 0. The molecule has 56 valence electrons. The summed E-state index contributed by atoms with van der Waals surface area (Å²) in [7, 11) is 0. The molecule has 1 unspecified atom stereocenters. The summed E-state index contributed by atoms with van der Waals surface area (Å²) in [6.45, 7) is 2.15. The number of rotatable bonds is 0. The van der Waals surface area contributed by atoms with Crippen LogP contribution in [0.4, 0.5) is 0 Å². The Morgan fingerprint density at radius 1 is 1.45 bits per heavy atom. The minimum atomic E-state index is 0.342. The number of nitrogens with zero attached hydrogens (tertiary/aromatic N) is 2. The second kappa shape index (κ2) is 3.21. The lowest BCUT2D eigenvalue weighted by atomic mass is 10.1. The first-order chi connectivity index (χ1) is 5.27. The van der Waals surface area contributed by atoms with E-state index in [0.29, 0.717) is 11.5 Å². The van der Waals surface area contributed by atoms with Crippen molar-refractivity contribution >= 4 is 0 Å².